The molecule has 100 valence electrons. The molecule has 0 aliphatic carbocycles. The van der Waals surface area contributed by atoms with E-state index in [-0.39, 0.29) is 5.56 Å². The molecule has 1 aliphatic rings. The third kappa shape index (κ3) is 1.74. The number of nitrogens with zero attached hydrogens (tertiary/aromatic N) is 3. The van der Waals surface area contributed by atoms with Crippen molar-refractivity contribution in [3.63, 3.8) is 0 Å². The van der Waals surface area contributed by atoms with Crippen molar-refractivity contribution in [2.24, 2.45) is 0 Å². The van der Waals surface area contributed by atoms with Crippen molar-refractivity contribution in [3.8, 4) is 0 Å². The highest BCUT2D eigenvalue weighted by Crippen LogP contribution is 2.17. The van der Waals surface area contributed by atoms with Gasteiger partial charge < -0.3 is 4.42 Å². The Bertz CT molecular complexity index is 833. The maximum atomic E-state index is 12.3. The van der Waals surface area contributed by atoms with E-state index in [1.807, 2.05) is 30.3 Å². The van der Waals surface area contributed by atoms with Crippen LogP contribution in [0.3, 0.4) is 0 Å². The third-order valence-electron chi connectivity index (χ3n) is 3.62. The minimum atomic E-state index is -0.0782. The molecule has 20 heavy (non-hydrogen) atoms. The summed E-state index contributed by atoms with van der Waals surface area (Å²) in [4.78, 5) is 21.0. The van der Waals surface area contributed by atoms with Gasteiger partial charge >= 0.3 is 0 Å². The molecule has 3 heterocycles. The van der Waals surface area contributed by atoms with Crippen LogP contribution in [0.25, 0.3) is 11.2 Å². The lowest BCUT2D eigenvalue weighted by molar-refractivity contribution is 0.533. The Hall–Kier alpha value is -2.43. The summed E-state index contributed by atoms with van der Waals surface area (Å²) in [5.41, 5.74) is 1.74. The molecule has 0 amide bonds. The number of hydrogen-bond acceptors (Lipinski definition) is 4. The Kier molecular flexibility index (Phi) is 2.45. The zero-order chi connectivity index (χ0) is 13.5. The van der Waals surface area contributed by atoms with Gasteiger partial charge in [-0.25, -0.2) is 4.98 Å². The summed E-state index contributed by atoms with van der Waals surface area (Å²) in [5, 5.41) is 0. The van der Waals surface area contributed by atoms with Crippen LogP contribution < -0.4 is 5.56 Å². The fourth-order valence-corrected chi connectivity index (χ4v) is 2.66. The maximum Gasteiger partial charge on any atom is 0.283 e. The molecule has 0 unspecified atom stereocenters. The SMILES string of the molecule is O=c1c2nc(Cc3ccccc3)oc2nc2n1CCC2. The van der Waals surface area contributed by atoms with Gasteiger partial charge in [-0.1, -0.05) is 30.3 Å². The largest absolute Gasteiger partial charge is 0.422 e. The van der Waals surface area contributed by atoms with Crippen LogP contribution in [0.15, 0.2) is 39.5 Å². The van der Waals surface area contributed by atoms with E-state index in [1.165, 1.54) is 0 Å². The number of aromatic nitrogens is 3. The highest BCUT2D eigenvalue weighted by Gasteiger charge is 2.20. The highest BCUT2D eigenvalue weighted by molar-refractivity contribution is 5.66. The minimum absolute atomic E-state index is 0.0782. The van der Waals surface area contributed by atoms with Gasteiger partial charge in [0.25, 0.3) is 11.3 Å². The first-order chi connectivity index (χ1) is 9.81. The van der Waals surface area contributed by atoms with E-state index >= 15 is 0 Å². The van der Waals surface area contributed by atoms with Crippen molar-refractivity contribution in [2.75, 3.05) is 0 Å². The van der Waals surface area contributed by atoms with E-state index in [4.69, 9.17) is 4.42 Å². The summed E-state index contributed by atoms with van der Waals surface area (Å²) in [5.74, 6) is 1.35. The van der Waals surface area contributed by atoms with E-state index in [1.54, 1.807) is 4.57 Å². The number of hydrogen-bond donors (Lipinski definition) is 0. The summed E-state index contributed by atoms with van der Waals surface area (Å²) in [6, 6.07) is 9.93. The second-order valence-electron chi connectivity index (χ2n) is 5.01. The highest BCUT2D eigenvalue weighted by atomic mass is 16.4. The van der Waals surface area contributed by atoms with Crippen LogP contribution in [-0.4, -0.2) is 14.5 Å². The van der Waals surface area contributed by atoms with Crippen LogP contribution in [-0.2, 0) is 19.4 Å². The lowest BCUT2D eigenvalue weighted by atomic mass is 10.1. The van der Waals surface area contributed by atoms with Crippen LogP contribution in [0.1, 0.15) is 23.7 Å². The zero-order valence-electron chi connectivity index (χ0n) is 10.9. The smallest absolute Gasteiger partial charge is 0.283 e. The Morgan fingerprint density at radius 1 is 1.20 bits per heavy atom. The molecule has 0 saturated heterocycles. The Balaban J connectivity index is 1.80. The molecule has 2 aromatic heterocycles. The second kappa shape index (κ2) is 4.30. The van der Waals surface area contributed by atoms with Crippen LogP contribution in [0.4, 0.5) is 0 Å². The van der Waals surface area contributed by atoms with Crippen molar-refractivity contribution < 1.29 is 4.42 Å². The van der Waals surface area contributed by atoms with E-state index in [9.17, 15) is 4.79 Å². The van der Waals surface area contributed by atoms with Gasteiger partial charge in [0, 0.05) is 19.4 Å². The quantitative estimate of drug-likeness (QED) is 0.711. The van der Waals surface area contributed by atoms with Crippen molar-refractivity contribution in [3.05, 3.63) is 58.0 Å². The van der Waals surface area contributed by atoms with Crippen LogP contribution >= 0.6 is 0 Å². The maximum absolute atomic E-state index is 12.3. The molecule has 5 nitrogen and oxygen atoms in total. The van der Waals surface area contributed by atoms with Crippen molar-refractivity contribution in [1.29, 1.82) is 0 Å². The second-order valence-corrected chi connectivity index (χ2v) is 5.01. The molecule has 0 saturated carbocycles. The standard InChI is InChI=1S/C15H13N3O2/c19-15-13-14(16-11-7-4-8-18(11)15)20-12(17-13)9-10-5-2-1-3-6-10/h1-3,5-6H,4,7-9H2. The fraction of sp³-hybridized carbons (Fsp3) is 0.267. The third-order valence-corrected chi connectivity index (χ3v) is 3.62. The first-order valence-electron chi connectivity index (χ1n) is 6.74. The number of oxazole rings is 1. The molecular weight excluding hydrogens is 254 g/mol. The van der Waals surface area contributed by atoms with Gasteiger partial charge in [-0.2, -0.15) is 4.98 Å². The number of aryl methyl sites for hydroxylation is 1. The van der Waals surface area contributed by atoms with E-state index in [0.717, 1.165) is 30.8 Å². The first-order valence-corrected chi connectivity index (χ1v) is 6.74. The fourth-order valence-electron chi connectivity index (χ4n) is 2.66. The van der Waals surface area contributed by atoms with Crippen molar-refractivity contribution in [1.82, 2.24) is 14.5 Å². The molecule has 4 rings (SSSR count). The van der Waals surface area contributed by atoms with Gasteiger partial charge in [-0.05, 0) is 12.0 Å². The van der Waals surface area contributed by atoms with Crippen LogP contribution in [0.5, 0.6) is 0 Å². The molecule has 0 N–H and O–H groups in total. The molecule has 1 aliphatic heterocycles. The predicted molar refractivity (Wildman–Crippen MR) is 73.6 cm³/mol. The molecule has 3 aromatic rings. The molecule has 1 aromatic carbocycles. The summed E-state index contributed by atoms with van der Waals surface area (Å²) in [7, 11) is 0. The minimum Gasteiger partial charge on any atom is -0.422 e. The Labute approximate surface area is 114 Å². The summed E-state index contributed by atoms with van der Waals surface area (Å²) in [6.45, 7) is 0.734. The van der Waals surface area contributed by atoms with Gasteiger partial charge in [0.2, 0.25) is 5.89 Å². The average Bonchev–Trinajstić information content (AvgIpc) is 3.07. The molecule has 0 radical (unpaired) electrons. The number of rotatable bonds is 2. The molecular formula is C15H13N3O2. The van der Waals surface area contributed by atoms with Crippen molar-refractivity contribution in [2.45, 2.75) is 25.8 Å². The van der Waals surface area contributed by atoms with Gasteiger partial charge in [0.05, 0.1) is 0 Å². The van der Waals surface area contributed by atoms with Crippen LogP contribution in [0.2, 0.25) is 0 Å². The van der Waals surface area contributed by atoms with E-state index < -0.39 is 0 Å². The van der Waals surface area contributed by atoms with Crippen LogP contribution in [0, 0.1) is 0 Å². The molecule has 5 heteroatoms. The zero-order valence-corrected chi connectivity index (χ0v) is 10.9. The molecule has 0 bridgehead atoms. The number of benzene rings is 1. The summed E-state index contributed by atoms with van der Waals surface area (Å²) < 4.78 is 7.35. The predicted octanol–water partition coefficient (Wildman–Crippen LogP) is 1.92. The number of fused-ring (bicyclic) bond motifs is 2. The Morgan fingerprint density at radius 3 is 2.90 bits per heavy atom. The summed E-state index contributed by atoms with van der Waals surface area (Å²) >= 11 is 0. The normalized spacial score (nSPS) is 13.8. The van der Waals surface area contributed by atoms with Gasteiger partial charge in [-0.15, -0.1) is 0 Å². The van der Waals surface area contributed by atoms with Gasteiger partial charge in [0.1, 0.15) is 5.82 Å². The topological polar surface area (TPSA) is 60.9 Å². The monoisotopic (exact) mass is 267 g/mol. The van der Waals surface area contributed by atoms with Crippen molar-refractivity contribution >= 4 is 11.2 Å². The van der Waals surface area contributed by atoms with Gasteiger partial charge in [0.15, 0.2) is 5.52 Å². The molecule has 0 spiro atoms. The molecule has 0 atom stereocenters. The van der Waals surface area contributed by atoms with E-state index in [2.05, 4.69) is 9.97 Å². The summed E-state index contributed by atoms with van der Waals surface area (Å²) in [6.07, 6.45) is 2.37. The Morgan fingerprint density at radius 2 is 2.05 bits per heavy atom. The first kappa shape index (κ1) is 11.4. The molecule has 0 fully saturated rings. The lowest BCUT2D eigenvalue weighted by Gasteiger charge is -1.98. The van der Waals surface area contributed by atoms with E-state index in [0.29, 0.717) is 23.5 Å². The average molecular weight is 267 g/mol. The van der Waals surface area contributed by atoms with Gasteiger partial charge in [-0.3, -0.25) is 9.36 Å². The lowest BCUT2D eigenvalue weighted by Crippen LogP contribution is -2.20.